The van der Waals surface area contributed by atoms with E-state index >= 15 is 0 Å². The molecule has 0 bridgehead atoms. The number of carboxylic acids is 1. The summed E-state index contributed by atoms with van der Waals surface area (Å²) in [5, 5.41) is 18.8. The maximum atomic E-state index is 11.5. The topological polar surface area (TPSA) is 57.5 Å². The first-order valence-electron chi connectivity index (χ1n) is 11.8. The second-order valence-corrected chi connectivity index (χ2v) is 8.26. The molecule has 0 amide bonds. The number of benzene rings is 1. The molecule has 3 nitrogen and oxygen atoms in total. The van der Waals surface area contributed by atoms with E-state index in [-0.39, 0.29) is 11.7 Å². The number of allylic oxidation sites excluding steroid dienone is 2. The number of hydrogen-bond acceptors (Lipinski definition) is 2. The van der Waals surface area contributed by atoms with Crippen LogP contribution in [-0.4, -0.2) is 16.2 Å². The van der Waals surface area contributed by atoms with Gasteiger partial charge in [-0.25, -0.2) is 0 Å². The van der Waals surface area contributed by atoms with Gasteiger partial charge in [-0.15, -0.1) is 0 Å². The quantitative estimate of drug-likeness (QED) is 0.196. The van der Waals surface area contributed by atoms with E-state index in [9.17, 15) is 15.0 Å². The van der Waals surface area contributed by atoms with Crippen molar-refractivity contribution in [2.45, 2.75) is 103 Å². The van der Waals surface area contributed by atoms with Gasteiger partial charge >= 0.3 is 5.97 Å². The molecule has 0 heterocycles. The van der Waals surface area contributed by atoms with Crippen molar-refractivity contribution in [3.05, 3.63) is 42.0 Å². The maximum absolute atomic E-state index is 11.5. The van der Waals surface area contributed by atoms with Crippen LogP contribution in [0.3, 0.4) is 0 Å². The van der Waals surface area contributed by atoms with E-state index in [4.69, 9.17) is 0 Å². The van der Waals surface area contributed by atoms with Crippen LogP contribution in [0.25, 0.3) is 0 Å². The van der Waals surface area contributed by atoms with Gasteiger partial charge in [0.2, 0.25) is 0 Å². The van der Waals surface area contributed by atoms with Gasteiger partial charge in [-0.05, 0) is 62.6 Å². The van der Waals surface area contributed by atoms with Gasteiger partial charge in [0.05, 0.1) is 5.92 Å². The smallest absolute Gasteiger partial charge is 0.306 e. The Morgan fingerprint density at radius 2 is 1.38 bits per heavy atom. The summed E-state index contributed by atoms with van der Waals surface area (Å²) in [6, 6.07) is 7.06. The Hall–Kier alpha value is -1.77. The van der Waals surface area contributed by atoms with E-state index in [1.165, 1.54) is 57.8 Å². The predicted molar refractivity (Wildman–Crippen MR) is 122 cm³/mol. The second-order valence-electron chi connectivity index (χ2n) is 8.26. The van der Waals surface area contributed by atoms with Crippen molar-refractivity contribution in [3.8, 4) is 5.75 Å². The van der Waals surface area contributed by atoms with Crippen LogP contribution in [0.4, 0.5) is 0 Å². The van der Waals surface area contributed by atoms with Crippen LogP contribution in [0.2, 0.25) is 0 Å². The molecule has 1 unspecified atom stereocenters. The first-order chi connectivity index (χ1) is 14.1. The van der Waals surface area contributed by atoms with Crippen molar-refractivity contribution >= 4 is 5.97 Å². The van der Waals surface area contributed by atoms with Crippen molar-refractivity contribution in [1.82, 2.24) is 0 Å². The van der Waals surface area contributed by atoms with Crippen LogP contribution >= 0.6 is 0 Å². The molecule has 0 spiro atoms. The Morgan fingerprint density at radius 3 is 1.97 bits per heavy atom. The number of hydrogen-bond donors (Lipinski definition) is 2. The summed E-state index contributed by atoms with van der Waals surface area (Å²) in [7, 11) is 0. The number of aryl methyl sites for hydroxylation is 1. The molecule has 0 aliphatic rings. The Kier molecular flexibility index (Phi) is 14.9. The van der Waals surface area contributed by atoms with Crippen LogP contribution < -0.4 is 0 Å². The summed E-state index contributed by atoms with van der Waals surface area (Å²) in [5.41, 5.74) is 1.08. The molecular formula is C26H42O3. The molecule has 29 heavy (non-hydrogen) atoms. The molecule has 0 fully saturated rings. The van der Waals surface area contributed by atoms with Gasteiger partial charge in [0, 0.05) is 0 Å². The minimum Gasteiger partial charge on any atom is -0.508 e. The molecule has 0 aliphatic carbocycles. The fourth-order valence-corrected chi connectivity index (χ4v) is 3.68. The van der Waals surface area contributed by atoms with Crippen molar-refractivity contribution in [3.63, 3.8) is 0 Å². The highest BCUT2D eigenvalue weighted by Gasteiger charge is 2.16. The summed E-state index contributed by atoms with van der Waals surface area (Å²) in [6.07, 6.45) is 21.9. The zero-order valence-electron chi connectivity index (χ0n) is 18.5. The average molecular weight is 403 g/mol. The zero-order valence-corrected chi connectivity index (χ0v) is 18.5. The molecule has 0 aliphatic heterocycles. The number of aliphatic carboxylic acids is 1. The first-order valence-corrected chi connectivity index (χ1v) is 11.8. The molecule has 0 saturated heterocycles. The van der Waals surface area contributed by atoms with Gasteiger partial charge in [0.25, 0.3) is 0 Å². The van der Waals surface area contributed by atoms with Gasteiger partial charge in [-0.2, -0.15) is 0 Å². The van der Waals surface area contributed by atoms with Crippen molar-refractivity contribution < 1.29 is 15.0 Å². The van der Waals surface area contributed by atoms with E-state index in [1.807, 2.05) is 12.1 Å². The molecule has 2 N–H and O–H groups in total. The SMILES string of the molecule is CCCCCCCCC=CCCCCCCC(CCc1ccc(O)cc1)C(=O)O. The van der Waals surface area contributed by atoms with Crippen molar-refractivity contribution in [2.24, 2.45) is 5.92 Å². The third-order valence-corrected chi connectivity index (χ3v) is 5.63. The molecule has 1 rings (SSSR count). The number of carboxylic acid groups (broad SMARTS) is 1. The Balaban J connectivity index is 2.01. The monoisotopic (exact) mass is 402 g/mol. The molecule has 164 valence electrons. The van der Waals surface area contributed by atoms with Crippen LogP contribution in [-0.2, 0) is 11.2 Å². The van der Waals surface area contributed by atoms with Gasteiger partial charge in [-0.1, -0.05) is 82.6 Å². The normalized spacial score (nSPS) is 12.4. The van der Waals surface area contributed by atoms with Crippen LogP contribution in [0.5, 0.6) is 5.75 Å². The third kappa shape index (κ3) is 13.9. The van der Waals surface area contributed by atoms with Crippen molar-refractivity contribution in [2.75, 3.05) is 0 Å². The minimum absolute atomic E-state index is 0.251. The standard InChI is InChI=1S/C26H42O3/c1-2-3-4-5-6-7-8-9-10-11-12-13-14-15-16-24(26(28)29)20-17-23-18-21-25(27)22-19-23/h9-10,18-19,21-22,24,27H,2-8,11-17,20H2,1H3,(H,28,29). The molecule has 1 aromatic carbocycles. The van der Waals surface area contributed by atoms with E-state index in [0.29, 0.717) is 6.42 Å². The van der Waals surface area contributed by atoms with Gasteiger partial charge in [0.1, 0.15) is 5.75 Å². The predicted octanol–water partition coefficient (Wildman–Crippen LogP) is 7.67. The summed E-state index contributed by atoms with van der Waals surface area (Å²) in [5.74, 6) is -0.691. The Bertz CT molecular complexity index is 548. The fourth-order valence-electron chi connectivity index (χ4n) is 3.68. The van der Waals surface area contributed by atoms with Gasteiger partial charge in [-0.3, -0.25) is 4.79 Å². The second kappa shape index (κ2) is 17.1. The lowest BCUT2D eigenvalue weighted by Crippen LogP contribution is -2.14. The summed E-state index contributed by atoms with van der Waals surface area (Å²) in [6.45, 7) is 2.26. The average Bonchev–Trinajstić information content (AvgIpc) is 2.71. The molecule has 3 heteroatoms. The molecule has 0 aromatic heterocycles. The zero-order chi connectivity index (χ0) is 21.2. The lowest BCUT2D eigenvalue weighted by molar-refractivity contribution is -0.142. The lowest BCUT2D eigenvalue weighted by atomic mass is 9.94. The van der Waals surface area contributed by atoms with Crippen LogP contribution in [0.15, 0.2) is 36.4 Å². The number of aromatic hydroxyl groups is 1. The number of phenols is 1. The Morgan fingerprint density at radius 1 is 0.828 bits per heavy atom. The first kappa shape index (κ1) is 25.3. The van der Waals surface area contributed by atoms with E-state index in [2.05, 4.69) is 19.1 Å². The fraction of sp³-hybridized carbons (Fsp3) is 0.654. The summed E-state index contributed by atoms with van der Waals surface area (Å²) in [4.78, 5) is 11.5. The lowest BCUT2D eigenvalue weighted by Gasteiger charge is -2.12. The van der Waals surface area contributed by atoms with E-state index < -0.39 is 5.97 Å². The highest BCUT2D eigenvalue weighted by molar-refractivity contribution is 5.69. The van der Waals surface area contributed by atoms with Crippen molar-refractivity contribution in [1.29, 1.82) is 0 Å². The van der Waals surface area contributed by atoms with Gasteiger partial charge < -0.3 is 10.2 Å². The number of carbonyl (C=O) groups is 1. The number of unbranched alkanes of at least 4 members (excludes halogenated alkanes) is 10. The highest BCUT2D eigenvalue weighted by Crippen LogP contribution is 2.19. The van der Waals surface area contributed by atoms with E-state index in [1.54, 1.807) is 12.1 Å². The van der Waals surface area contributed by atoms with Crippen LogP contribution in [0, 0.1) is 5.92 Å². The highest BCUT2D eigenvalue weighted by atomic mass is 16.4. The number of rotatable bonds is 18. The minimum atomic E-state index is -0.679. The molecular weight excluding hydrogens is 360 g/mol. The Labute approximate surface area is 178 Å². The molecule has 1 atom stereocenters. The largest absolute Gasteiger partial charge is 0.508 e. The summed E-state index contributed by atoms with van der Waals surface area (Å²) < 4.78 is 0. The molecule has 0 radical (unpaired) electrons. The van der Waals surface area contributed by atoms with Gasteiger partial charge in [0.15, 0.2) is 0 Å². The molecule has 0 saturated carbocycles. The van der Waals surface area contributed by atoms with E-state index in [0.717, 1.165) is 37.7 Å². The third-order valence-electron chi connectivity index (χ3n) is 5.63. The molecule has 1 aromatic rings. The van der Waals surface area contributed by atoms with Crippen LogP contribution in [0.1, 0.15) is 102 Å². The maximum Gasteiger partial charge on any atom is 0.306 e. The summed E-state index contributed by atoms with van der Waals surface area (Å²) >= 11 is 0. The number of phenolic OH excluding ortho intramolecular Hbond substituents is 1.